The number of pyridine rings is 1. The van der Waals surface area contributed by atoms with Crippen molar-refractivity contribution >= 4 is 39.2 Å². The Bertz CT molecular complexity index is 1630. The number of halogens is 4. The van der Waals surface area contributed by atoms with Gasteiger partial charge in [-0.2, -0.15) is 17.8 Å². The van der Waals surface area contributed by atoms with Crippen LogP contribution in [-0.2, 0) is 31.5 Å². The zero-order chi connectivity index (χ0) is 31.1. The van der Waals surface area contributed by atoms with E-state index in [2.05, 4.69) is 4.74 Å². The molecule has 3 aromatic rings. The Kier molecular flexibility index (Phi) is 8.77. The number of fused-ring (bicyclic) bond motifs is 1. The van der Waals surface area contributed by atoms with E-state index in [0.29, 0.717) is 21.8 Å². The van der Waals surface area contributed by atoms with Crippen molar-refractivity contribution in [3.63, 3.8) is 0 Å². The van der Waals surface area contributed by atoms with Crippen LogP contribution >= 0.6 is 23.2 Å². The van der Waals surface area contributed by atoms with Crippen LogP contribution in [0.25, 0.3) is 0 Å². The van der Waals surface area contributed by atoms with E-state index in [1.54, 1.807) is 32.0 Å². The third-order valence-corrected chi connectivity index (χ3v) is 10.2. The highest BCUT2D eigenvalue weighted by Gasteiger charge is 2.49. The molecule has 1 unspecified atom stereocenters. The highest BCUT2D eigenvalue weighted by atomic mass is 35.5. The van der Waals surface area contributed by atoms with Crippen molar-refractivity contribution in [1.82, 2.24) is 4.31 Å². The Labute approximate surface area is 257 Å². The van der Waals surface area contributed by atoms with Gasteiger partial charge in [0.05, 0.1) is 17.0 Å². The molecule has 1 atom stereocenters. The molecule has 1 fully saturated rings. The van der Waals surface area contributed by atoms with Crippen LogP contribution in [0.2, 0.25) is 10.0 Å². The Morgan fingerprint density at radius 1 is 1.12 bits per heavy atom. The molecule has 1 saturated carbocycles. The van der Waals surface area contributed by atoms with E-state index in [9.17, 15) is 27.2 Å². The average molecular weight is 658 g/mol. The van der Waals surface area contributed by atoms with Gasteiger partial charge in [-0.15, -0.1) is 0 Å². The predicted molar refractivity (Wildman–Crippen MR) is 153 cm³/mol. The van der Waals surface area contributed by atoms with Gasteiger partial charge in [-0.1, -0.05) is 47.5 Å². The van der Waals surface area contributed by atoms with E-state index < -0.39 is 40.8 Å². The summed E-state index contributed by atoms with van der Waals surface area (Å²) in [6.07, 6.45) is 2.82. The van der Waals surface area contributed by atoms with Crippen LogP contribution in [-0.4, -0.2) is 38.5 Å². The Morgan fingerprint density at radius 2 is 1.79 bits per heavy atom. The zero-order valence-corrected chi connectivity index (χ0v) is 25.5. The third-order valence-electron chi connectivity index (χ3n) is 7.46. The molecule has 0 spiro atoms. The summed E-state index contributed by atoms with van der Waals surface area (Å²) in [6, 6.07) is 10.6. The number of nitrogens with zero attached hydrogens (tertiary/aromatic N) is 2. The summed E-state index contributed by atoms with van der Waals surface area (Å²) in [5.74, 6) is -0.764. The minimum Gasteiger partial charge on any atom is -0.619 e. The number of esters is 1. The van der Waals surface area contributed by atoms with Gasteiger partial charge in [0.15, 0.2) is 23.9 Å². The molecule has 2 heterocycles. The summed E-state index contributed by atoms with van der Waals surface area (Å²) < 4.78 is 70.7. The molecule has 0 amide bonds. The summed E-state index contributed by atoms with van der Waals surface area (Å²) >= 11 is 12.6. The maximum Gasteiger partial charge on any atom is 0.387 e. The van der Waals surface area contributed by atoms with Gasteiger partial charge in [0.25, 0.3) is 0 Å². The van der Waals surface area contributed by atoms with Gasteiger partial charge in [0, 0.05) is 12.0 Å². The molecule has 2 aromatic carbocycles. The second-order valence-corrected chi connectivity index (χ2v) is 13.5. The number of alkyl halides is 2. The Morgan fingerprint density at radius 3 is 2.42 bits per heavy atom. The highest BCUT2D eigenvalue weighted by Crippen LogP contribution is 2.44. The molecule has 43 heavy (non-hydrogen) atoms. The van der Waals surface area contributed by atoms with Crippen LogP contribution in [0.15, 0.2) is 59.8 Å². The number of hydrogen-bond acceptors (Lipinski definition) is 7. The van der Waals surface area contributed by atoms with Gasteiger partial charge in [0.1, 0.15) is 22.7 Å². The summed E-state index contributed by atoms with van der Waals surface area (Å²) in [7, 11) is -4.01. The first-order valence-electron chi connectivity index (χ1n) is 13.4. The van der Waals surface area contributed by atoms with Crippen LogP contribution in [0.4, 0.5) is 8.78 Å². The number of ether oxygens (including phenoxy) is 3. The lowest BCUT2D eigenvalue weighted by Crippen LogP contribution is -2.43. The number of carbonyl (C=O) groups is 1. The minimum absolute atomic E-state index is 0.00473. The molecule has 5 rings (SSSR count). The van der Waals surface area contributed by atoms with Gasteiger partial charge >= 0.3 is 12.6 Å². The molecule has 0 saturated heterocycles. The van der Waals surface area contributed by atoms with E-state index in [1.165, 1.54) is 24.3 Å². The van der Waals surface area contributed by atoms with E-state index in [4.69, 9.17) is 32.7 Å². The van der Waals surface area contributed by atoms with E-state index in [-0.39, 0.29) is 45.0 Å². The van der Waals surface area contributed by atoms with Crippen molar-refractivity contribution in [2.75, 3.05) is 13.2 Å². The topological polar surface area (TPSA) is 109 Å². The molecule has 1 aliphatic heterocycles. The monoisotopic (exact) mass is 656 g/mol. The number of hydrogen-bond donors (Lipinski definition) is 0. The molecule has 230 valence electrons. The van der Waals surface area contributed by atoms with Crippen molar-refractivity contribution in [2.24, 2.45) is 5.92 Å². The predicted octanol–water partition coefficient (Wildman–Crippen LogP) is 5.78. The maximum absolute atomic E-state index is 13.4. The molecule has 9 nitrogen and oxygen atoms in total. The molecule has 14 heteroatoms. The van der Waals surface area contributed by atoms with Crippen LogP contribution in [0, 0.1) is 11.1 Å². The van der Waals surface area contributed by atoms with Gasteiger partial charge < -0.3 is 19.4 Å². The molecule has 0 radical (unpaired) electrons. The lowest BCUT2D eigenvalue weighted by atomic mass is 9.94. The highest BCUT2D eigenvalue weighted by molar-refractivity contribution is 7.89. The van der Waals surface area contributed by atoms with Gasteiger partial charge in [0.2, 0.25) is 10.0 Å². The molecular formula is C29H28Cl2F2N2O7S. The van der Waals surface area contributed by atoms with E-state index in [0.717, 1.165) is 29.5 Å². The first-order valence-corrected chi connectivity index (χ1v) is 15.6. The fraction of sp³-hybridized carbons (Fsp3) is 0.379. The Balaban J connectivity index is 1.47. The van der Waals surface area contributed by atoms with Crippen molar-refractivity contribution in [3.05, 3.63) is 86.8 Å². The zero-order valence-electron chi connectivity index (χ0n) is 23.1. The smallest absolute Gasteiger partial charge is 0.387 e. The van der Waals surface area contributed by atoms with Crippen LogP contribution in [0.3, 0.4) is 0 Å². The summed E-state index contributed by atoms with van der Waals surface area (Å²) in [4.78, 5) is 13.5. The lowest BCUT2D eigenvalue weighted by Gasteiger charge is -2.30. The first kappa shape index (κ1) is 31.2. The molecular weight excluding hydrogens is 629 g/mol. The molecule has 0 N–H and O–H groups in total. The van der Waals surface area contributed by atoms with Crippen molar-refractivity contribution < 1.29 is 40.9 Å². The van der Waals surface area contributed by atoms with Crippen molar-refractivity contribution in [3.8, 4) is 11.5 Å². The second-order valence-electron chi connectivity index (χ2n) is 10.9. The van der Waals surface area contributed by atoms with Gasteiger partial charge in [-0.05, 0) is 61.9 Å². The lowest BCUT2D eigenvalue weighted by molar-refractivity contribution is -0.605. The maximum atomic E-state index is 13.4. The van der Waals surface area contributed by atoms with Crippen LogP contribution < -0.4 is 14.2 Å². The van der Waals surface area contributed by atoms with Gasteiger partial charge in [-0.3, -0.25) is 4.79 Å². The van der Waals surface area contributed by atoms with Gasteiger partial charge in [-0.25, -0.2) is 8.42 Å². The largest absolute Gasteiger partial charge is 0.619 e. The number of sulfonamides is 1. The standard InChI is InChI=1S/C29H28Cl2F2N2O7S/c1-29(2)20-5-3-4-6-26(20)43(38,39)35(29)15-27(36)41-24(12-19-21(30)13-34(37)14-22(19)31)18-9-10-23(42-28(32)33)25(11-18)40-16-17-7-8-17/h3-6,9-11,13-14,17,24,28H,7-8,12,15-16H2,1-2H3. The van der Waals surface area contributed by atoms with Crippen molar-refractivity contribution in [1.29, 1.82) is 0 Å². The minimum atomic E-state index is -4.01. The number of carbonyl (C=O) groups excluding carboxylic acids is 1. The number of benzene rings is 2. The van der Waals surface area contributed by atoms with Crippen LogP contribution in [0.5, 0.6) is 11.5 Å². The summed E-state index contributed by atoms with van der Waals surface area (Å²) in [5, 5.41) is 11.8. The average Bonchev–Trinajstić information content (AvgIpc) is 3.74. The second kappa shape index (κ2) is 12.1. The fourth-order valence-electron chi connectivity index (χ4n) is 5.01. The fourth-order valence-corrected chi connectivity index (χ4v) is 7.67. The third kappa shape index (κ3) is 6.67. The van der Waals surface area contributed by atoms with E-state index in [1.807, 2.05) is 0 Å². The first-order chi connectivity index (χ1) is 20.3. The normalized spacial score (nSPS) is 17.8. The molecule has 1 aliphatic carbocycles. The SMILES string of the molecule is CC1(C)c2ccccc2S(=O)(=O)N1CC(=O)OC(Cc1c(Cl)c[n+]([O-])cc1Cl)c1ccc(OC(F)F)c(OCC2CC2)c1. The van der Waals surface area contributed by atoms with E-state index >= 15 is 0 Å². The van der Waals surface area contributed by atoms with Crippen molar-refractivity contribution in [2.45, 2.75) is 56.3 Å². The quantitative estimate of drug-likeness (QED) is 0.146. The summed E-state index contributed by atoms with van der Waals surface area (Å²) in [6.45, 7) is -0.0503. The number of rotatable bonds is 11. The molecule has 2 aliphatic rings. The Hall–Kier alpha value is -3.19. The summed E-state index contributed by atoms with van der Waals surface area (Å²) in [5.41, 5.74) is 0.0948. The van der Waals surface area contributed by atoms with Crippen LogP contribution in [0.1, 0.15) is 49.5 Å². The molecule has 0 bridgehead atoms. The number of aromatic nitrogens is 1. The molecule has 1 aromatic heterocycles.